The van der Waals surface area contributed by atoms with Crippen molar-refractivity contribution in [2.24, 2.45) is 5.73 Å². The van der Waals surface area contributed by atoms with Gasteiger partial charge in [-0.1, -0.05) is 6.07 Å². The van der Waals surface area contributed by atoms with Crippen molar-refractivity contribution in [1.82, 2.24) is 0 Å². The average molecular weight is 283 g/mol. The Labute approximate surface area is 121 Å². The van der Waals surface area contributed by atoms with Crippen LogP contribution in [-0.4, -0.2) is 46.7 Å². The van der Waals surface area contributed by atoms with E-state index in [1.54, 1.807) is 14.2 Å². The Balaban J connectivity index is 2.48. The molecule has 1 atom stereocenters. The van der Waals surface area contributed by atoms with Gasteiger partial charge >= 0.3 is 0 Å². The first-order chi connectivity index (χ1) is 9.67. The standard InChI is InChI=1S/C15H25NO4/c1-12(16)10-13-4-5-14(18-3)15(11-13)20-9-8-19-7-6-17-2/h4-5,11-12H,6-10,16H2,1-3H3. The Hall–Kier alpha value is -1.30. The van der Waals surface area contributed by atoms with Crippen LogP contribution in [0.1, 0.15) is 12.5 Å². The highest BCUT2D eigenvalue weighted by atomic mass is 16.5. The molecule has 5 heteroatoms. The van der Waals surface area contributed by atoms with Crippen LogP contribution in [0.25, 0.3) is 0 Å². The van der Waals surface area contributed by atoms with Crippen molar-refractivity contribution in [2.75, 3.05) is 40.6 Å². The highest BCUT2D eigenvalue weighted by molar-refractivity contribution is 5.43. The lowest BCUT2D eigenvalue weighted by molar-refractivity contribution is 0.0540. The molecule has 20 heavy (non-hydrogen) atoms. The minimum atomic E-state index is 0.119. The smallest absolute Gasteiger partial charge is 0.161 e. The van der Waals surface area contributed by atoms with Crippen LogP contribution in [0.2, 0.25) is 0 Å². The van der Waals surface area contributed by atoms with Crippen LogP contribution < -0.4 is 15.2 Å². The molecule has 0 fully saturated rings. The van der Waals surface area contributed by atoms with Gasteiger partial charge in [0.1, 0.15) is 6.61 Å². The fourth-order valence-corrected chi connectivity index (χ4v) is 1.79. The lowest BCUT2D eigenvalue weighted by Crippen LogP contribution is -2.17. The first-order valence-electron chi connectivity index (χ1n) is 6.79. The van der Waals surface area contributed by atoms with Gasteiger partial charge in [0, 0.05) is 13.2 Å². The van der Waals surface area contributed by atoms with Gasteiger partial charge in [-0.25, -0.2) is 0 Å². The molecule has 0 radical (unpaired) electrons. The summed E-state index contributed by atoms with van der Waals surface area (Å²) in [5, 5.41) is 0. The van der Waals surface area contributed by atoms with E-state index in [1.165, 1.54) is 0 Å². The third kappa shape index (κ3) is 6.23. The number of ether oxygens (including phenoxy) is 4. The monoisotopic (exact) mass is 283 g/mol. The number of benzene rings is 1. The lowest BCUT2D eigenvalue weighted by atomic mass is 10.1. The maximum absolute atomic E-state index is 5.81. The van der Waals surface area contributed by atoms with Crippen LogP contribution in [0.4, 0.5) is 0 Å². The third-order valence-corrected chi connectivity index (χ3v) is 2.70. The van der Waals surface area contributed by atoms with E-state index in [-0.39, 0.29) is 6.04 Å². The predicted molar refractivity (Wildman–Crippen MR) is 78.5 cm³/mol. The lowest BCUT2D eigenvalue weighted by Gasteiger charge is -2.13. The summed E-state index contributed by atoms with van der Waals surface area (Å²) in [5.41, 5.74) is 6.94. The first kappa shape index (κ1) is 16.8. The largest absolute Gasteiger partial charge is 0.493 e. The Morgan fingerprint density at radius 2 is 1.80 bits per heavy atom. The Morgan fingerprint density at radius 3 is 2.45 bits per heavy atom. The maximum atomic E-state index is 5.81. The summed E-state index contributed by atoms with van der Waals surface area (Å²) < 4.78 is 21.2. The molecule has 0 spiro atoms. The summed E-state index contributed by atoms with van der Waals surface area (Å²) in [5.74, 6) is 1.44. The van der Waals surface area contributed by atoms with Crippen molar-refractivity contribution < 1.29 is 18.9 Å². The van der Waals surface area contributed by atoms with Gasteiger partial charge in [-0.2, -0.15) is 0 Å². The topological polar surface area (TPSA) is 62.9 Å². The molecule has 0 aliphatic carbocycles. The van der Waals surface area contributed by atoms with Gasteiger partial charge in [0.25, 0.3) is 0 Å². The molecule has 0 saturated carbocycles. The van der Waals surface area contributed by atoms with Crippen molar-refractivity contribution in [1.29, 1.82) is 0 Å². The average Bonchev–Trinajstić information content (AvgIpc) is 2.42. The molecule has 0 heterocycles. The summed E-state index contributed by atoms with van der Waals surface area (Å²) in [6, 6.07) is 5.99. The molecule has 0 aromatic heterocycles. The summed E-state index contributed by atoms with van der Waals surface area (Å²) in [4.78, 5) is 0. The van der Waals surface area contributed by atoms with Gasteiger partial charge in [-0.15, -0.1) is 0 Å². The minimum Gasteiger partial charge on any atom is -0.493 e. The number of hydrogen-bond donors (Lipinski definition) is 1. The Morgan fingerprint density at radius 1 is 1.05 bits per heavy atom. The summed E-state index contributed by atoms with van der Waals surface area (Å²) in [6.45, 7) is 4.13. The fourth-order valence-electron chi connectivity index (χ4n) is 1.79. The molecular weight excluding hydrogens is 258 g/mol. The number of methoxy groups -OCH3 is 2. The third-order valence-electron chi connectivity index (χ3n) is 2.70. The van der Waals surface area contributed by atoms with Crippen LogP contribution in [0.3, 0.4) is 0 Å². The highest BCUT2D eigenvalue weighted by Crippen LogP contribution is 2.28. The van der Waals surface area contributed by atoms with E-state index in [9.17, 15) is 0 Å². The molecule has 1 aromatic rings. The van der Waals surface area contributed by atoms with Crippen LogP contribution in [0.5, 0.6) is 11.5 Å². The van der Waals surface area contributed by atoms with E-state index < -0.39 is 0 Å². The van der Waals surface area contributed by atoms with E-state index in [2.05, 4.69) is 0 Å². The summed E-state index contributed by atoms with van der Waals surface area (Å²) in [7, 11) is 3.27. The van der Waals surface area contributed by atoms with Gasteiger partial charge in [-0.05, 0) is 31.0 Å². The van der Waals surface area contributed by atoms with E-state index >= 15 is 0 Å². The maximum Gasteiger partial charge on any atom is 0.161 e. The predicted octanol–water partition coefficient (Wildman–Crippen LogP) is 1.63. The minimum absolute atomic E-state index is 0.119. The van der Waals surface area contributed by atoms with E-state index in [4.69, 9.17) is 24.7 Å². The fraction of sp³-hybridized carbons (Fsp3) is 0.600. The van der Waals surface area contributed by atoms with Crippen LogP contribution in [0.15, 0.2) is 18.2 Å². The molecule has 2 N–H and O–H groups in total. The van der Waals surface area contributed by atoms with E-state index in [1.807, 2.05) is 25.1 Å². The van der Waals surface area contributed by atoms with Gasteiger partial charge in [0.15, 0.2) is 11.5 Å². The van der Waals surface area contributed by atoms with Crippen LogP contribution >= 0.6 is 0 Å². The Bertz CT molecular complexity index is 382. The molecule has 0 saturated heterocycles. The number of nitrogens with two attached hydrogens (primary N) is 1. The van der Waals surface area contributed by atoms with Gasteiger partial charge < -0.3 is 24.7 Å². The van der Waals surface area contributed by atoms with Gasteiger partial charge in [0.05, 0.1) is 26.9 Å². The second kappa shape index (κ2) is 9.58. The Kier molecular flexibility index (Phi) is 8.02. The molecule has 1 aromatic carbocycles. The van der Waals surface area contributed by atoms with Crippen molar-refractivity contribution in [3.8, 4) is 11.5 Å². The molecule has 1 unspecified atom stereocenters. The van der Waals surface area contributed by atoms with E-state index in [0.29, 0.717) is 26.4 Å². The first-order valence-corrected chi connectivity index (χ1v) is 6.79. The zero-order valence-corrected chi connectivity index (χ0v) is 12.6. The molecule has 0 bridgehead atoms. The van der Waals surface area contributed by atoms with Crippen molar-refractivity contribution in [2.45, 2.75) is 19.4 Å². The zero-order chi connectivity index (χ0) is 14.8. The zero-order valence-electron chi connectivity index (χ0n) is 12.6. The molecule has 0 amide bonds. The molecular formula is C15H25NO4. The normalized spacial score (nSPS) is 12.2. The highest BCUT2D eigenvalue weighted by Gasteiger charge is 2.07. The van der Waals surface area contributed by atoms with Gasteiger partial charge in [-0.3, -0.25) is 0 Å². The summed E-state index contributed by atoms with van der Waals surface area (Å²) >= 11 is 0. The second-order valence-electron chi connectivity index (χ2n) is 4.62. The quantitative estimate of drug-likeness (QED) is 0.661. The van der Waals surface area contributed by atoms with Gasteiger partial charge in [0.2, 0.25) is 0 Å². The molecule has 114 valence electrons. The number of hydrogen-bond acceptors (Lipinski definition) is 5. The molecule has 0 aliphatic rings. The summed E-state index contributed by atoms with van der Waals surface area (Å²) in [6.07, 6.45) is 0.810. The number of rotatable bonds is 10. The molecule has 1 rings (SSSR count). The molecule has 5 nitrogen and oxygen atoms in total. The van der Waals surface area contributed by atoms with Crippen LogP contribution in [0, 0.1) is 0 Å². The van der Waals surface area contributed by atoms with Crippen molar-refractivity contribution >= 4 is 0 Å². The van der Waals surface area contributed by atoms with Crippen molar-refractivity contribution in [3.05, 3.63) is 23.8 Å². The second-order valence-corrected chi connectivity index (χ2v) is 4.62. The van der Waals surface area contributed by atoms with E-state index in [0.717, 1.165) is 23.5 Å². The molecule has 0 aliphatic heterocycles. The SMILES string of the molecule is COCCOCCOc1cc(CC(C)N)ccc1OC. The van der Waals surface area contributed by atoms with Crippen LogP contribution in [-0.2, 0) is 15.9 Å². The van der Waals surface area contributed by atoms with Crippen molar-refractivity contribution in [3.63, 3.8) is 0 Å².